The summed E-state index contributed by atoms with van der Waals surface area (Å²) in [7, 11) is 0. The summed E-state index contributed by atoms with van der Waals surface area (Å²) >= 11 is 0. The number of aromatic nitrogens is 2. The normalized spacial score (nSPS) is 15.1. The fourth-order valence-electron chi connectivity index (χ4n) is 3.69. The van der Waals surface area contributed by atoms with Crippen LogP contribution in [0.5, 0.6) is 5.75 Å². The lowest BCUT2D eigenvalue weighted by Crippen LogP contribution is -2.28. The molecule has 3 aromatic rings. The first-order valence-electron chi connectivity index (χ1n) is 9.59. The first kappa shape index (κ1) is 19.7. The van der Waals surface area contributed by atoms with Crippen molar-refractivity contribution in [2.75, 3.05) is 24.2 Å². The van der Waals surface area contributed by atoms with Crippen molar-refractivity contribution >= 4 is 28.2 Å². The van der Waals surface area contributed by atoms with Gasteiger partial charge in [-0.1, -0.05) is 6.07 Å². The van der Waals surface area contributed by atoms with Gasteiger partial charge in [0.2, 0.25) is 5.43 Å². The van der Waals surface area contributed by atoms with Crippen LogP contribution in [0.4, 0.5) is 15.8 Å². The van der Waals surface area contributed by atoms with Gasteiger partial charge < -0.3 is 25.5 Å². The highest BCUT2D eigenvalue weighted by atomic mass is 19.1. The van der Waals surface area contributed by atoms with Gasteiger partial charge in [0, 0.05) is 24.6 Å². The molecule has 4 rings (SSSR count). The molecular weight excluding hydrogens is 391 g/mol. The Labute approximate surface area is 171 Å². The van der Waals surface area contributed by atoms with Crippen LogP contribution in [-0.4, -0.2) is 33.8 Å². The molecule has 0 amide bonds. The van der Waals surface area contributed by atoms with Gasteiger partial charge in [-0.3, -0.25) is 9.78 Å². The average Bonchev–Trinajstić information content (AvgIpc) is 2.73. The minimum absolute atomic E-state index is 0.0733. The summed E-state index contributed by atoms with van der Waals surface area (Å²) in [6.45, 7) is 2.45. The van der Waals surface area contributed by atoms with Gasteiger partial charge in [-0.15, -0.1) is 0 Å². The van der Waals surface area contributed by atoms with E-state index in [1.54, 1.807) is 10.8 Å². The monoisotopic (exact) mass is 412 g/mol. The number of ether oxygens (including phenoxy) is 1. The third kappa shape index (κ3) is 3.22. The third-order valence-electron chi connectivity index (χ3n) is 5.21. The second-order valence-electron chi connectivity index (χ2n) is 7.25. The number of nitrogen functional groups attached to an aromatic ring is 1. The number of anilines is 2. The first-order valence-corrected chi connectivity index (χ1v) is 9.59. The fraction of sp³-hybridized carbons (Fsp3) is 0.286. The largest absolute Gasteiger partial charge is 0.487 e. The fourth-order valence-corrected chi connectivity index (χ4v) is 3.69. The molecule has 0 saturated carbocycles. The Bertz CT molecular complexity index is 1190. The smallest absolute Gasteiger partial charge is 0.341 e. The van der Waals surface area contributed by atoms with E-state index in [9.17, 15) is 14.7 Å². The van der Waals surface area contributed by atoms with Crippen LogP contribution < -0.4 is 21.2 Å². The number of hydrogen-bond donors (Lipinski definition) is 3. The van der Waals surface area contributed by atoms with Crippen molar-refractivity contribution in [3.05, 3.63) is 57.9 Å². The predicted molar refractivity (Wildman–Crippen MR) is 111 cm³/mol. The van der Waals surface area contributed by atoms with Crippen LogP contribution in [0.25, 0.3) is 10.9 Å². The summed E-state index contributed by atoms with van der Waals surface area (Å²) in [4.78, 5) is 28.5. The van der Waals surface area contributed by atoms with Gasteiger partial charge in [-0.2, -0.15) is 0 Å². The number of carboxylic acid groups (broad SMARTS) is 1. The number of benzene rings is 1. The van der Waals surface area contributed by atoms with E-state index in [1.165, 1.54) is 6.20 Å². The molecular formula is C21H21FN4O4. The van der Waals surface area contributed by atoms with E-state index in [1.807, 2.05) is 25.1 Å². The zero-order valence-electron chi connectivity index (χ0n) is 16.3. The second-order valence-corrected chi connectivity index (χ2v) is 7.25. The molecule has 0 bridgehead atoms. The number of pyridine rings is 2. The van der Waals surface area contributed by atoms with Crippen LogP contribution in [0.1, 0.15) is 35.4 Å². The van der Waals surface area contributed by atoms with Crippen LogP contribution >= 0.6 is 0 Å². The Morgan fingerprint density at radius 1 is 1.47 bits per heavy atom. The number of nitrogens with zero attached hydrogens (tertiary/aromatic N) is 2. The third-order valence-corrected chi connectivity index (χ3v) is 5.21. The Morgan fingerprint density at radius 3 is 2.97 bits per heavy atom. The van der Waals surface area contributed by atoms with Gasteiger partial charge in [0.15, 0.2) is 11.6 Å². The molecule has 1 aliphatic rings. The number of rotatable bonds is 6. The number of halogens is 1. The number of hydrogen-bond acceptors (Lipinski definition) is 6. The maximum atomic E-state index is 15.1. The van der Waals surface area contributed by atoms with Gasteiger partial charge in [-0.05, 0) is 31.9 Å². The minimum atomic E-state index is -1.39. The van der Waals surface area contributed by atoms with E-state index in [0.29, 0.717) is 24.9 Å². The molecule has 0 spiro atoms. The summed E-state index contributed by atoms with van der Waals surface area (Å²) in [6.07, 6.45) is 4.38. The maximum absolute atomic E-state index is 15.1. The standard InChI is InChI=1S/C21H21FN4O4/c1-11-10-30-20-17(25-8-4-6-12-5-2-3-7-24-12)15(22)16(23)14-18(20)26(11)9-13(19(14)27)21(28)29/h2-3,5,7,9,11,25H,4,6,8,10,23H2,1H3,(H,28,29)/t11-/m0/s1. The first-order chi connectivity index (χ1) is 14.4. The van der Waals surface area contributed by atoms with Crippen molar-refractivity contribution in [3.63, 3.8) is 0 Å². The summed E-state index contributed by atoms with van der Waals surface area (Å²) in [6, 6.07) is 5.42. The molecule has 8 nitrogen and oxygen atoms in total. The van der Waals surface area contributed by atoms with Crippen LogP contribution in [0.3, 0.4) is 0 Å². The van der Waals surface area contributed by atoms with Gasteiger partial charge in [0.05, 0.1) is 22.6 Å². The van der Waals surface area contributed by atoms with E-state index in [4.69, 9.17) is 10.5 Å². The van der Waals surface area contributed by atoms with Crippen molar-refractivity contribution in [2.45, 2.75) is 25.8 Å². The molecule has 0 saturated heterocycles. The van der Waals surface area contributed by atoms with Gasteiger partial charge in [0.25, 0.3) is 0 Å². The highest BCUT2D eigenvalue weighted by Gasteiger charge is 2.30. The summed E-state index contributed by atoms with van der Waals surface area (Å²) < 4.78 is 22.5. The van der Waals surface area contributed by atoms with Gasteiger partial charge >= 0.3 is 5.97 Å². The zero-order valence-corrected chi connectivity index (χ0v) is 16.3. The average molecular weight is 412 g/mol. The molecule has 156 valence electrons. The highest BCUT2D eigenvalue weighted by molar-refractivity contribution is 6.03. The summed E-state index contributed by atoms with van der Waals surface area (Å²) in [5.74, 6) is -2.04. The lowest BCUT2D eigenvalue weighted by Gasteiger charge is -2.29. The molecule has 1 atom stereocenters. The van der Waals surface area contributed by atoms with E-state index < -0.39 is 22.8 Å². The minimum Gasteiger partial charge on any atom is -0.487 e. The van der Waals surface area contributed by atoms with Crippen molar-refractivity contribution in [1.29, 1.82) is 0 Å². The molecule has 0 unspecified atom stereocenters. The van der Waals surface area contributed by atoms with Crippen LogP contribution in [0, 0.1) is 5.82 Å². The number of carbonyl (C=O) groups is 1. The molecule has 2 aromatic heterocycles. The lowest BCUT2D eigenvalue weighted by molar-refractivity contribution is 0.0694. The maximum Gasteiger partial charge on any atom is 0.341 e. The Morgan fingerprint density at radius 2 is 2.27 bits per heavy atom. The van der Waals surface area contributed by atoms with Crippen LogP contribution in [0.2, 0.25) is 0 Å². The van der Waals surface area contributed by atoms with Crippen molar-refractivity contribution in [1.82, 2.24) is 9.55 Å². The molecule has 1 aromatic carbocycles. The van der Waals surface area contributed by atoms with Crippen molar-refractivity contribution in [3.8, 4) is 5.75 Å². The zero-order chi connectivity index (χ0) is 21.4. The molecule has 1 aliphatic heterocycles. The molecule has 0 fully saturated rings. The lowest BCUT2D eigenvalue weighted by atomic mass is 10.0. The molecule has 0 aliphatic carbocycles. The van der Waals surface area contributed by atoms with E-state index in [2.05, 4.69) is 10.3 Å². The molecule has 3 heterocycles. The molecule has 30 heavy (non-hydrogen) atoms. The van der Waals surface area contributed by atoms with Gasteiger partial charge in [0.1, 0.15) is 17.9 Å². The van der Waals surface area contributed by atoms with Gasteiger partial charge in [-0.25, -0.2) is 9.18 Å². The van der Waals surface area contributed by atoms with E-state index >= 15 is 4.39 Å². The Balaban J connectivity index is 1.75. The molecule has 4 N–H and O–H groups in total. The number of aromatic carboxylic acids is 1. The molecule has 9 heteroatoms. The van der Waals surface area contributed by atoms with E-state index in [-0.39, 0.29) is 35.2 Å². The SMILES string of the molecule is C[C@H]1COc2c(NCCCc3ccccn3)c(F)c(N)c3c(=O)c(C(=O)O)cn1c23. The van der Waals surface area contributed by atoms with Crippen LogP contribution in [-0.2, 0) is 6.42 Å². The number of nitrogens with one attached hydrogen (secondary N) is 1. The number of aryl methyl sites for hydroxylation is 1. The number of carboxylic acids is 1. The van der Waals surface area contributed by atoms with Crippen LogP contribution in [0.15, 0.2) is 35.4 Å². The second kappa shape index (κ2) is 7.66. The van der Waals surface area contributed by atoms with Crippen molar-refractivity contribution < 1.29 is 19.0 Å². The number of nitrogens with two attached hydrogens (primary N) is 1. The Hall–Kier alpha value is -3.62. The summed E-state index contributed by atoms with van der Waals surface area (Å²) in [5.41, 5.74) is 5.59. The Kier molecular flexibility index (Phi) is 5.03. The highest BCUT2D eigenvalue weighted by Crippen LogP contribution is 2.43. The van der Waals surface area contributed by atoms with E-state index in [0.717, 1.165) is 5.69 Å². The predicted octanol–water partition coefficient (Wildman–Crippen LogP) is 2.81. The topological polar surface area (TPSA) is 119 Å². The summed E-state index contributed by atoms with van der Waals surface area (Å²) in [5, 5.41) is 12.2. The molecule has 0 radical (unpaired) electrons. The van der Waals surface area contributed by atoms with Crippen molar-refractivity contribution in [2.24, 2.45) is 0 Å². The quantitative estimate of drug-likeness (QED) is 0.421.